The topological polar surface area (TPSA) is 80.8 Å². The molecule has 3 fully saturated rings. The van der Waals surface area contributed by atoms with E-state index >= 15 is 0 Å². The highest BCUT2D eigenvalue weighted by Crippen LogP contribution is 2.65. The number of hydrogen-bond acceptors (Lipinski definition) is 5. The highest BCUT2D eigenvalue weighted by Gasteiger charge is 2.67. The maximum absolute atomic E-state index is 13.2. The quantitative estimate of drug-likeness (QED) is 0.245. The lowest BCUT2D eigenvalue weighted by atomic mass is 9.63. The Kier molecular flexibility index (Phi) is 4.03. The number of allylic oxidation sites excluding steroid dienone is 2. The van der Waals surface area contributed by atoms with Crippen LogP contribution in [0.5, 0.6) is 5.75 Å². The molecule has 1 saturated heterocycles. The standard InChI is InChI=1S/C26H21NO5/c1-13(28)15-3-2-4-17(11-15)32-26(31)14-5-7-16(8-6-14)27-24(29)22-18-9-10-19(21-12-20(18)21)23(22)25(27)30/h2-11,18-23H,12H2,1H3/t18-,19+,20-,21-,22+,23+/m1/s1. The molecule has 6 atom stereocenters. The molecule has 0 aromatic heterocycles. The number of nitrogens with zero attached hydrogens (tertiary/aromatic N) is 1. The van der Waals surface area contributed by atoms with Crippen molar-refractivity contribution >= 4 is 29.3 Å². The van der Waals surface area contributed by atoms with E-state index in [0.29, 0.717) is 28.7 Å². The van der Waals surface area contributed by atoms with Gasteiger partial charge in [-0.25, -0.2) is 4.79 Å². The van der Waals surface area contributed by atoms with Gasteiger partial charge < -0.3 is 4.74 Å². The van der Waals surface area contributed by atoms with Crippen LogP contribution >= 0.6 is 0 Å². The molecule has 160 valence electrons. The number of hydrogen-bond donors (Lipinski definition) is 0. The number of ketones is 1. The van der Waals surface area contributed by atoms with Crippen LogP contribution in [-0.4, -0.2) is 23.6 Å². The second kappa shape index (κ2) is 6.73. The summed E-state index contributed by atoms with van der Waals surface area (Å²) in [7, 11) is 0. The van der Waals surface area contributed by atoms with Crippen molar-refractivity contribution in [3.05, 3.63) is 71.8 Å². The molecule has 0 N–H and O–H groups in total. The molecule has 0 spiro atoms. The van der Waals surface area contributed by atoms with Gasteiger partial charge in [-0.3, -0.25) is 19.3 Å². The van der Waals surface area contributed by atoms with E-state index in [9.17, 15) is 19.2 Å². The highest BCUT2D eigenvalue weighted by molar-refractivity contribution is 6.22. The zero-order valence-corrected chi connectivity index (χ0v) is 17.4. The summed E-state index contributed by atoms with van der Waals surface area (Å²) in [5.74, 6) is 0.306. The number of esters is 1. The molecule has 2 aromatic carbocycles. The van der Waals surface area contributed by atoms with Gasteiger partial charge in [-0.05, 0) is 73.4 Å². The predicted octanol–water partition coefficient (Wildman–Crippen LogP) is 3.67. The SMILES string of the molecule is CC(=O)c1cccc(OC(=O)c2ccc(N3C(=O)[C@H]4[C@@H]5C=C[C@@H]([C@H]6C[C@H]56)[C@@H]4C3=O)cc2)c1. The van der Waals surface area contributed by atoms with Crippen molar-refractivity contribution in [2.75, 3.05) is 4.90 Å². The highest BCUT2D eigenvalue weighted by atomic mass is 16.5. The Labute approximate surface area is 184 Å². The number of rotatable bonds is 4. The molecule has 1 aliphatic heterocycles. The molecule has 32 heavy (non-hydrogen) atoms. The molecule has 1 heterocycles. The van der Waals surface area contributed by atoms with E-state index < -0.39 is 5.97 Å². The van der Waals surface area contributed by atoms with Crippen LogP contribution in [-0.2, 0) is 9.59 Å². The van der Waals surface area contributed by atoms with E-state index in [1.807, 2.05) is 0 Å². The Hall–Kier alpha value is -3.54. The van der Waals surface area contributed by atoms with Crippen molar-refractivity contribution in [3.8, 4) is 5.75 Å². The smallest absolute Gasteiger partial charge is 0.343 e. The van der Waals surface area contributed by atoms with Crippen LogP contribution in [0.15, 0.2) is 60.7 Å². The third-order valence-electron chi connectivity index (χ3n) is 7.48. The molecule has 0 unspecified atom stereocenters. The van der Waals surface area contributed by atoms with Crippen molar-refractivity contribution in [1.82, 2.24) is 0 Å². The van der Waals surface area contributed by atoms with E-state index in [-0.39, 0.29) is 47.0 Å². The first-order valence-electron chi connectivity index (χ1n) is 10.9. The van der Waals surface area contributed by atoms with Gasteiger partial charge in [-0.1, -0.05) is 24.3 Å². The maximum atomic E-state index is 13.2. The fourth-order valence-electron chi connectivity index (χ4n) is 5.90. The third-order valence-corrected chi connectivity index (χ3v) is 7.48. The lowest BCUT2D eigenvalue weighted by molar-refractivity contribution is -0.124. The first-order valence-corrected chi connectivity index (χ1v) is 10.9. The predicted molar refractivity (Wildman–Crippen MR) is 115 cm³/mol. The zero-order chi connectivity index (χ0) is 22.1. The van der Waals surface area contributed by atoms with Gasteiger partial charge in [0.25, 0.3) is 0 Å². The number of ether oxygens (including phenoxy) is 1. The van der Waals surface area contributed by atoms with E-state index in [2.05, 4.69) is 12.2 Å². The summed E-state index contributed by atoms with van der Waals surface area (Å²) in [6.45, 7) is 1.45. The molecule has 5 aliphatic rings. The number of Topliss-reactive ketones (excluding diaryl/α,β-unsaturated/α-hetero) is 1. The fourth-order valence-corrected chi connectivity index (χ4v) is 5.90. The largest absolute Gasteiger partial charge is 0.423 e. The number of carbonyl (C=O) groups excluding carboxylic acids is 4. The molecule has 7 rings (SSSR count). The van der Waals surface area contributed by atoms with Crippen LogP contribution in [0.4, 0.5) is 5.69 Å². The first kappa shape index (κ1) is 19.2. The van der Waals surface area contributed by atoms with Crippen LogP contribution in [0, 0.1) is 35.5 Å². The molecule has 6 heteroatoms. The van der Waals surface area contributed by atoms with Crippen molar-refractivity contribution in [3.63, 3.8) is 0 Å². The van der Waals surface area contributed by atoms with Gasteiger partial charge in [0.05, 0.1) is 23.1 Å². The van der Waals surface area contributed by atoms with Gasteiger partial charge in [0.1, 0.15) is 5.75 Å². The second-order valence-corrected chi connectivity index (χ2v) is 9.19. The van der Waals surface area contributed by atoms with E-state index in [0.717, 1.165) is 6.42 Å². The number of imide groups is 1. The van der Waals surface area contributed by atoms with Gasteiger partial charge in [0.15, 0.2) is 5.78 Å². The second-order valence-electron chi connectivity index (χ2n) is 9.19. The lowest BCUT2D eigenvalue weighted by Gasteiger charge is -2.37. The molecular weight excluding hydrogens is 406 g/mol. The van der Waals surface area contributed by atoms with Gasteiger partial charge >= 0.3 is 5.97 Å². The third kappa shape index (κ3) is 2.72. The van der Waals surface area contributed by atoms with Gasteiger partial charge in [-0.15, -0.1) is 0 Å². The molecular formula is C26H21NO5. The van der Waals surface area contributed by atoms with Crippen LogP contribution in [0.1, 0.15) is 34.1 Å². The van der Waals surface area contributed by atoms with Gasteiger partial charge in [0, 0.05) is 5.56 Å². The lowest BCUT2D eigenvalue weighted by Crippen LogP contribution is -2.40. The van der Waals surface area contributed by atoms with Crippen LogP contribution in [0.25, 0.3) is 0 Å². The average molecular weight is 427 g/mol. The Balaban J connectivity index is 1.21. The van der Waals surface area contributed by atoms with Gasteiger partial charge in [0.2, 0.25) is 11.8 Å². The average Bonchev–Trinajstić information content (AvgIpc) is 3.57. The number of anilines is 1. The molecule has 0 radical (unpaired) electrons. The minimum absolute atomic E-state index is 0.117. The van der Waals surface area contributed by atoms with Crippen molar-refractivity contribution in [2.24, 2.45) is 35.5 Å². The summed E-state index contributed by atoms with van der Waals surface area (Å²) in [5.41, 5.74) is 1.23. The molecule has 4 aliphatic carbocycles. The molecule has 2 aromatic rings. The Morgan fingerprint density at radius 2 is 1.50 bits per heavy atom. The number of carbonyl (C=O) groups is 4. The van der Waals surface area contributed by atoms with Crippen LogP contribution in [0.2, 0.25) is 0 Å². The first-order chi connectivity index (χ1) is 15.4. The summed E-state index contributed by atoms with van der Waals surface area (Å²) >= 11 is 0. The molecule has 2 saturated carbocycles. The molecule has 6 nitrogen and oxygen atoms in total. The fraction of sp³-hybridized carbons (Fsp3) is 0.308. The van der Waals surface area contributed by atoms with E-state index in [1.54, 1.807) is 42.5 Å². The normalized spacial score (nSPS) is 31.3. The minimum Gasteiger partial charge on any atom is -0.423 e. The summed E-state index contributed by atoms with van der Waals surface area (Å²) in [5, 5.41) is 0. The maximum Gasteiger partial charge on any atom is 0.343 e. The van der Waals surface area contributed by atoms with E-state index in [4.69, 9.17) is 4.74 Å². The monoisotopic (exact) mass is 427 g/mol. The van der Waals surface area contributed by atoms with Gasteiger partial charge in [-0.2, -0.15) is 0 Å². The Morgan fingerprint density at radius 1 is 0.875 bits per heavy atom. The number of benzene rings is 2. The summed E-state index contributed by atoms with van der Waals surface area (Å²) < 4.78 is 5.38. The minimum atomic E-state index is -0.577. The summed E-state index contributed by atoms with van der Waals surface area (Å²) in [6, 6.07) is 12.8. The van der Waals surface area contributed by atoms with Crippen molar-refractivity contribution in [2.45, 2.75) is 13.3 Å². The zero-order valence-electron chi connectivity index (χ0n) is 17.4. The Morgan fingerprint density at radius 3 is 2.09 bits per heavy atom. The van der Waals surface area contributed by atoms with E-state index in [1.165, 1.54) is 17.9 Å². The van der Waals surface area contributed by atoms with Crippen molar-refractivity contribution < 1.29 is 23.9 Å². The summed E-state index contributed by atoms with van der Waals surface area (Å²) in [6.07, 6.45) is 5.42. The van der Waals surface area contributed by atoms with Crippen LogP contribution < -0.4 is 9.64 Å². The Bertz CT molecular complexity index is 1180. The molecule has 2 bridgehead atoms. The number of amides is 2. The van der Waals surface area contributed by atoms with Crippen LogP contribution in [0.3, 0.4) is 0 Å². The molecule has 2 amide bonds. The van der Waals surface area contributed by atoms with Crippen molar-refractivity contribution in [1.29, 1.82) is 0 Å². The summed E-state index contributed by atoms with van der Waals surface area (Å²) in [4.78, 5) is 51.8.